The molecule has 0 saturated carbocycles. The number of sulfone groups is 1. The number of benzene rings is 1. The maximum atomic E-state index is 12.7. The third kappa shape index (κ3) is 3.23. The van der Waals surface area contributed by atoms with Crippen molar-refractivity contribution in [1.82, 2.24) is 5.32 Å². The molecule has 1 aliphatic rings. The van der Waals surface area contributed by atoms with Gasteiger partial charge in [0, 0.05) is 6.04 Å². The third-order valence-electron chi connectivity index (χ3n) is 4.03. The van der Waals surface area contributed by atoms with Gasteiger partial charge in [-0.2, -0.15) is 0 Å². The first kappa shape index (κ1) is 15.5. The number of rotatable bonds is 4. The second-order valence-electron chi connectivity index (χ2n) is 6.12. The minimum absolute atomic E-state index is 0.0857. The summed E-state index contributed by atoms with van der Waals surface area (Å²) in [7, 11) is -1.21. The minimum atomic E-state index is -3.07. The van der Waals surface area contributed by atoms with Crippen LogP contribution in [-0.4, -0.2) is 26.5 Å². The average molecular weight is 295 g/mol. The summed E-state index contributed by atoms with van der Waals surface area (Å²) in [5, 5.41) is 2.94. The lowest BCUT2D eigenvalue weighted by molar-refractivity contribution is 0.495. The quantitative estimate of drug-likeness (QED) is 0.869. The van der Waals surface area contributed by atoms with Gasteiger partial charge in [-0.15, -0.1) is 0 Å². The summed E-state index contributed by atoms with van der Waals surface area (Å²) in [4.78, 5) is 0. The molecule has 0 spiro atoms. The summed E-state index contributed by atoms with van der Waals surface area (Å²) in [5.41, 5.74) is 2.44. The van der Waals surface area contributed by atoms with E-state index in [4.69, 9.17) is 0 Å². The second-order valence-corrected chi connectivity index (χ2v) is 8.38. The van der Waals surface area contributed by atoms with E-state index in [1.165, 1.54) is 5.56 Å². The molecule has 112 valence electrons. The maximum Gasteiger partial charge on any atom is 0.155 e. The summed E-state index contributed by atoms with van der Waals surface area (Å²) in [6, 6.07) is 8.14. The molecule has 3 nitrogen and oxygen atoms in total. The third-order valence-corrected chi connectivity index (χ3v) is 6.60. The molecule has 1 N–H and O–H groups in total. The summed E-state index contributed by atoms with van der Waals surface area (Å²) in [6.45, 7) is 3.94. The van der Waals surface area contributed by atoms with E-state index in [1.807, 2.05) is 33.0 Å². The lowest BCUT2D eigenvalue weighted by Gasteiger charge is -2.27. The highest BCUT2D eigenvalue weighted by Crippen LogP contribution is 2.33. The first-order chi connectivity index (χ1) is 9.45. The fourth-order valence-corrected chi connectivity index (χ4v) is 5.64. The van der Waals surface area contributed by atoms with Crippen molar-refractivity contribution in [1.29, 1.82) is 0 Å². The lowest BCUT2D eigenvalue weighted by atomic mass is 9.99. The zero-order valence-electron chi connectivity index (χ0n) is 12.6. The van der Waals surface area contributed by atoms with Gasteiger partial charge >= 0.3 is 0 Å². The standard InChI is InChI=1S/C16H25NO2S/c1-12(2)11-20(18,19)15-10-6-8-13-7-4-5-9-14(13)16(15)17-3/h4-5,7,9,12,15-17H,6,8,10-11H2,1-3H3. The van der Waals surface area contributed by atoms with Crippen LogP contribution >= 0.6 is 0 Å². The summed E-state index contributed by atoms with van der Waals surface area (Å²) >= 11 is 0. The van der Waals surface area contributed by atoms with Crippen molar-refractivity contribution < 1.29 is 8.42 Å². The molecular weight excluding hydrogens is 270 g/mol. The van der Waals surface area contributed by atoms with E-state index in [9.17, 15) is 8.42 Å². The Morgan fingerprint density at radius 3 is 2.65 bits per heavy atom. The van der Waals surface area contributed by atoms with E-state index in [1.54, 1.807) is 0 Å². The Morgan fingerprint density at radius 1 is 1.30 bits per heavy atom. The van der Waals surface area contributed by atoms with Gasteiger partial charge in [-0.05, 0) is 43.4 Å². The molecule has 0 bridgehead atoms. The van der Waals surface area contributed by atoms with E-state index < -0.39 is 9.84 Å². The van der Waals surface area contributed by atoms with E-state index in [-0.39, 0.29) is 23.0 Å². The Balaban J connectivity index is 2.40. The van der Waals surface area contributed by atoms with Crippen LogP contribution in [0.1, 0.15) is 43.9 Å². The molecule has 1 aromatic carbocycles. The van der Waals surface area contributed by atoms with Crippen LogP contribution in [0, 0.1) is 5.92 Å². The van der Waals surface area contributed by atoms with Crippen molar-refractivity contribution in [3.8, 4) is 0 Å². The number of hydrogen-bond acceptors (Lipinski definition) is 3. The van der Waals surface area contributed by atoms with E-state index in [0.717, 1.165) is 24.8 Å². The van der Waals surface area contributed by atoms with Crippen LogP contribution in [0.15, 0.2) is 24.3 Å². The van der Waals surface area contributed by atoms with Crippen LogP contribution in [0.25, 0.3) is 0 Å². The van der Waals surface area contributed by atoms with Gasteiger partial charge in [0.25, 0.3) is 0 Å². The zero-order chi connectivity index (χ0) is 14.8. The number of hydrogen-bond donors (Lipinski definition) is 1. The SMILES string of the molecule is CNC1c2ccccc2CCCC1S(=O)(=O)CC(C)C. The van der Waals surface area contributed by atoms with Gasteiger partial charge in [0.15, 0.2) is 9.84 Å². The predicted octanol–water partition coefficient (Wildman–Crippen LogP) is 2.72. The van der Waals surface area contributed by atoms with Gasteiger partial charge in [-0.25, -0.2) is 8.42 Å². The Labute approximate surface area is 122 Å². The average Bonchev–Trinajstić information content (AvgIpc) is 2.56. The number of aryl methyl sites for hydroxylation is 1. The van der Waals surface area contributed by atoms with Crippen LogP contribution < -0.4 is 5.32 Å². The van der Waals surface area contributed by atoms with Crippen molar-refractivity contribution in [2.24, 2.45) is 5.92 Å². The lowest BCUT2D eigenvalue weighted by Crippen LogP contribution is -2.37. The number of fused-ring (bicyclic) bond motifs is 1. The molecule has 20 heavy (non-hydrogen) atoms. The largest absolute Gasteiger partial charge is 0.312 e. The fourth-order valence-electron chi connectivity index (χ4n) is 3.24. The topological polar surface area (TPSA) is 46.2 Å². The van der Waals surface area contributed by atoms with Crippen LogP contribution in [0.3, 0.4) is 0 Å². The van der Waals surface area contributed by atoms with Crippen molar-refractivity contribution in [2.75, 3.05) is 12.8 Å². The highest BCUT2D eigenvalue weighted by atomic mass is 32.2. The molecular formula is C16H25NO2S. The van der Waals surface area contributed by atoms with Gasteiger partial charge in [0.2, 0.25) is 0 Å². The molecule has 0 heterocycles. The Bertz CT molecular complexity index is 551. The molecule has 2 atom stereocenters. The molecule has 0 radical (unpaired) electrons. The van der Waals surface area contributed by atoms with Gasteiger partial charge < -0.3 is 5.32 Å². The molecule has 1 aliphatic carbocycles. The van der Waals surface area contributed by atoms with Gasteiger partial charge in [-0.3, -0.25) is 0 Å². The van der Waals surface area contributed by atoms with Crippen LogP contribution in [0.4, 0.5) is 0 Å². The van der Waals surface area contributed by atoms with E-state index in [2.05, 4.69) is 17.4 Å². The monoisotopic (exact) mass is 295 g/mol. The van der Waals surface area contributed by atoms with Crippen LogP contribution in [-0.2, 0) is 16.3 Å². The molecule has 0 amide bonds. The summed E-state index contributed by atoms with van der Waals surface area (Å²) in [6.07, 6.45) is 2.66. The van der Waals surface area contributed by atoms with Crippen molar-refractivity contribution in [3.05, 3.63) is 35.4 Å². The summed E-state index contributed by atoms with van der Waals surface area (Å²) in [5.74, 6) is 0.453. The first-order valence-corrected chi connectivity index (χ1v) is 9.14. The molecule has 0 aliphatic heterocycles. The molecule has 0 saturated heterocycles. The highest BCUT2D eigenvalue weighted by Gasteiger charge is 2.36. The number of nitrogens with one attached hydrogen (secondary N) is 1. The second kappa shape index (κ2) is 6.27. The molecule has 0 fully saturated rings. The summed E-state index contributed by atoms with van der Waals surface area (Å²) < 4.78 is 25.4. The van der Waals surface area contributed by atoms with E-state index in [0.29, 0.717) is 0 Å². The fraction of sp³-hybridized carbons (Fsp3) is 0.625. The first-order valence-electron chi connectivity index (χ1n) is 7.42. The predicted molar refractivity (Wildman–Crippen MR) is 83.6 cm³/mol. The van der Waals surface area contributed by atoms with Gasteiger partial charge in [0.1, 0.15) is 0 Å². The Morgan fingerprint density at radius 2 is 2.00 bits per heavy atom. The molecule has 2 rings (SSSR count). The van der Waals surface area contributed by atoms with Crippen molar-refractivity contribution in [3.63, 3.8) is 0 Å². The zero-order valence-corrected chi connectivity index (χ0v) is 13.4. The van der Waals surface area contributed by atoms with Crippen LogP contribution in [0.5, 0.6) is 0 Å². The van der Waals surface area contributed by atoms with Crippen molar-refractivity contribution in [2.45, 2.75) is 44.4 Å². The van der Waals surface area contributed by atoms with Gasteiger partial charge in [0.05, 0.1) is 11.0 Å². The highest BCUT2D eigenvalue weighted by molar-refractivity contribution is 7.92. The maximum absolute atomic E-state index is 12.7. The van der Waals surface area contributed by atoms with E-state index >= 15 is 0 Å². The molecule has 4 heteroatoms. The molecule has 1 aromatic rings. The minimum Gasteiger partial charge on any atom is -0.312 e. The normalized spacial score (nSPS) is 23.4. The van der Waals surface area contributed by atoms with Crippen molar-refractivity contribution >= 4 is 9.84 Å². The van der Waals surface area contributed by atoms with Gasteiger partial charge in [-0.1, -0.05) is 38.1 Å². The van der Waals surface area contributed by atoms with Crippen LogP contribution in [0.2, 0.25) is 0 Å². The smallest absolute Gasteiger partial charge is 0.155 e. The molecule has 0 aromatic heterocycles. The Kier molecular flexibility index (Phi) is 4.86. The molecule has 2 unspecified atom stereocenters. The Hall–Kier alpha value is -0.870.